The molecule has 1 aromatic carbocycles. The Bertz CT molecular complexity index is 780. The number of rotatable bonds is 5. The van der Waals surface area contributed by atoms with Crippen LogP contribution in [0.5, 0.6) is 0 Å². The Labute approximate surface area is 154 Å². The van der Waals surface area contributed by atoms with Gasteiger partial charge in [-0.15, -0.1) is 11.8 Å². The normalized spacial score (nSPS) is 16.3. The molecular weight excluding hydrogens is 357 g/mol. The minimum absolute atomic E-state index is 0.293. The molecule has 6 nitrogen and oxygen atoms in total. The third-order valence-electron chi connectivity index (χ3n) is 3.83. The monoisotopic (exact) mass is 375 g/mol. The third kappa shape index (κ3) is 4.80. The number of nitrogens with one attached hydrogen (secondary N) is 2. The second-order valence-electron chi connectivity index (χ2n) is 5.72. The van der Waals surface area contributed by atoms with Crippen LogP contribution in [0.1, 0.15) is 28.8 Å². The van der Waals surface area contributed by atoms with Crippen molar-refractivity contribution in [2.45, 2.75) is 29.7 Å². The van der Waals surface area contributed by atoms with Crippen LogP contribution < -0.4 is 10.9 Å². The lowest BCUT2D eigenvalue weighted by Gasteiger charge is -2.12. The molecule has 0 aliphatic carbocycles. The number of amides is 2. The lowest BCUT2D eigenvalue weighted by molar-refractivity contribution is -0.130. The average Bonchev–Trinajstić information content (AvgIpc) is 3.20. The van der Waals surface area contributed by atoms with Crippen LogP contribution >= 0.6 is 11.8 Å². The van der Waals surface area contributed by atoms with Crippen LogP contribution in [-0.2, 0) is 15.3 Å². The number of hydrogen-bond acceptors (Lipinski definition) is 5. The summed E-state index contributed by atoms with van der Waals surface area (Å²) in [7, 11) is 0. The number of ether oxygens (including phenoxy) is 1. The molecular formula is C18H18FN3O3S. The smallest absolute Gasteiger partial charge is 0.272 e. The maximum atomic E-state index is 13.0. The highest BCUT2D eigenvalue weighted by Crippen LogP contribution is 2.24. The van der Waals surface area contributed by atoms with E-state index in [2.05, 4.69) is 15.8 Å². The van der Waals surface area contributed by atoms with Gasteiger partial charge >= 0.3 is 0 Å². The summed E-state index contributed by atoms with van der Waals surface area (Å²) in [5.41, 5.74) is 6.06. The molecule has 1 aliphatic heterocycles. The number of aromatic nitrogens is 1. The second kappa shape index (κ2) is 8.77. The minimum atomic E-state index is -0.517. The summed E-state index contributed by atoms with van der Waals surface area (Å²) in [6.45, 7) is 0.554. The highest BCUT2D eigenvalue weighted by Gasteiger charge is 2.24. The zero-order valence-electron chi connectivity index (χ0n) is 13.9. The first-order valence-corrected chi connectivity index (χ1v) is 9.16. The quantitative estimate of drug-likeness (QED) is 0.620. The van der Waals surface area contributed by atoms with Gasteiger partial charge in [0.05, 0.1) is 5.56 Å². The molecule has 136 valence electrons. The fourth-order valence-electron chi connectivity index (χ4n) is 2.46. The predicted octanol–water partition coefficient (Wildman–Crippen LogP) is 2.45. The average molecular weight is 375 g/mol. The number of nitrogens with zero attached hydrogens (tertiary/aromatic N) is 1. The topological polar surface area (TPSA) is 80.3 Å². The Hall–Kier alpha value is -2.45. The first kappa shape index (κ1) is 18.3. The fourth-order valence-corrected chi connectivity index (χ4v) is 3.41. The molecule has 0 radical (unpaired) electrons. The van der Waals surface area contributed by atoms with Crippen molar-refractivity contribution in [3.63, 3.8) is 0 Å². The lowest BCUT2D eigenvalue weighted by atomic mass is 10.2. The van der Waals surface area contributed by atoms with Crippen molar-refractivity contribution in [1.29, 1.82) is 0 Å². The van der Waals surface area contributed by atoms with Crippen molar-refractivity contribution < 1.29 is 18.7 Å². The first-order chi connectivity index (χ1) is 12.6. The number of halogens is 1. The summed E-state index contributed by atoms with van der Waals surface area (Å²) < 4.78 is 18.2. The van der Waals surface area contributed by atoms with Crippen LogP contribution in [0.4, 0.5) is 4.39 Å². The molecule has 3 rings (SSSR count). The molecule has 0 saturated carbocycles. The van der Waals surface area contributed by atoms with E-state index in [9.17, 15) is 14.0 Å². The maximum absolute atomic E-state index is 13.0. The summed E-state index contributed by atoms with van der Waals surface area (Å²) in [6.07, 6.45) is 2.55. The molecule has 1 saturated heterocycles. The summed E-state index contributed by atoms with van der Waals surface area (Å²) >= 11 is 1.36. The van der Waals surface area contributed by atoms with Gasteiger partial charge in [-0.05, 0) is 42.7 Å². The predicted molar refractivity (Wildman–Crippen MR) is 94.8 cm³/mol. The highest BCUT2D eigenvalue weighted by atomic mass is 32.2. The number of pyridine rings is 1. The molecule has 0 bridgehead atoms. The third-order valence-corrected chi connectivity index (χ3v) is 4.90. The minimum Gasteiger partial charge on any atom is -0.368 e. The number of benzene rings is 1. The number of thioether (sulfide) groups is 1. The number of hydrogen-bond donors (Lipinski definition) is 2. The van der Waals surface area contributed by atoms with E-state index < -0.39 is 12.0 Å². The molecule has 1 atom stereocenters. The number of hydrazine groups is 1. The van der Waals surface area contributed by atoms with Crippen molar-refractivity contribution in [1.82, 2.24) is 15.8 Å². The van der Waals surface area contributed by atoms with E-state index in [1.54, 1.807) is 30.5 Å². The van der Waals surface area contributed by atoms with Crippen molar-refractivity contribution in [3.8, 4) is 0 Å². The van der Waals surface area contributed by atoms with Crippen LogP contribution in [0.2, 0.25) is 0 Å². The van der Waals surface area contributed by atoms with Crippen LogP contribution in [-0.4, -0.2) is 29.5 Å². The van der Waals surface area contributed by atoms with E-state index in [1.807, 2.05) is 0 Å². The Morgan fingerprint density at radius 3 is 2.77 bits per heavy atom. The fraction of sp³-hybridized carbons (Fsp3) is 0.278. The standard InChI is InChI=1S/C18H18FN3O3S/c19-13-7-5-12(6-8-13)11-26-18-14(3-1-9-20-18)16(23)21-22-17(24)15-4-2-10-25-15/h1,3,5-9,15H,2,4,10-11H2,(H,21,23)(H,22,24)/t15-/m1/s1. The Kier molecular flexibility index (Phi) is 6.19. The molecule has 2 heterocycles. The molecule has 1 aliphatic rings. The zero-order chi connectivity index (χ0) is 18.4. The molecule has 0 spiro atoms. The van der Waals surface area contributed by atoms with Gasteiger partial charge in [-0.3, -0.25) is 20.4 Å². The van der Waals surface area contributed by atoms with E-state index >= 15 is 0 Å². The van der Waals surface area contributed by atoms with Gasteiger partial charge in [0.1, 0.15) is 16.9 Å². The molecule has 26 heavy (non-hydrogen) atoms. The van der Waals surface area contributed by atoms with Gasteiger partial charge < -0.3 is 4.74 Å². The lowest BCUT2D eigenvalue weighted by Crippen LogP contribution is -2.46. The largest absolute Gasteiger partial charge is 0.368 e. The second-order valence-corrected chi connectivity index (χ2v) is 6.68. The Morgan fingerprint density at radius 1 is 1.23 bits per heavy atom. The van der Waals surface area contributed by atoms with Crippen LogP contribution in [0.25, 0.3) is 0 Å². The van der Waals surface area contributed by atoms with E-state index in [-0.39, 0.29) is 11.7 Å². The van der Waals surface area contributed by atoms with Crippen LogP contribution in [0, 0.1) is 5.82 Å². The van der Waals surface area contributed by atoms with E-state index in [0.29, 0.717) is 29.4 Å². The first-order valence-electron chi connectivity index (χ1n) is 8.17. The molecule has 2 aromatic rings. The van der Waals surface area contributed by atoms with Gasteiger partial charge in [0, 0.05) is 18.6 Å². The SMILES string of the molecule is O=C(NNC(=O)[C@H]1CCCO1)c1cccnc1SCc1ccc(F)cc1. The van der Waals surface area contributed by atoms with E-state index in [0.717, 1.165) is 12.0 Å². The maximum Gasteiger partial charge on any atom is 0.272 e. The zero-order valence-corrected chi connectivity index (χ0v) is 14.7. The highest BCUT2D eigenvalue weighted by molar-refractivity contribution is 7.98. The van der Waals surface area contributed by atoms with Crippen LogP contribution in [0.3, 0.4) is 0 Å². The van der Waals surface area contributed by atoms with Crippen molar-refractivity contribution in [2.75, 3.05) is 6.61 Å². The molecule has 2 N–H and O–H groups in total. The van der Waals surface area contributed by atoms with Crippen LogP contribution in [0.15, 0.2) is 47.6 Å². The Morgan fingerprint density at radius 2 is 2.04 bits per heavy atom. The summed E-state index contributed by atoms with van der Waals surface area (Å²) in [5, 5.41) is 0.528. The van der Waals surface area contributed by atoms with Gasteiger partial charge in [-0.1, -0.05) is 12.1 Å². The Balaban J connectivity index is 1.59. The van der Waals surface area contributed by atoms with Gasteiger partial charge in [-0.2, -0.15) is 0 Å². The molecule has 2 amide bonds. The molecule has 1 aromatic heterocycles. The number of carbonyl (C=O) groups is 2. The van der Waals surface area contributed by atoms with Gasteiger partial charge in [0.25, 0.3) is 11.8 Å². The van der Waals surface area contributed by atoms with Crippen molar-refractivity contribution in [2.24, 2.45) is 0 Å². The van der Waals surface area contributed by atoms with Gasteiger partial charge in [-0.25, -0.2) is 9.37 Å². The van der Waals surface area contributed by atoms with Crippen molar-refractivity contribution in [3.05, 3.63) is 59.5 Å². The van der Waals surface area contributed by atoms with Crippen molar-refractivity contribution >= 4 is 23.6 Å². The van der Waals surface area contributed by atoms with E-state index in [4.69, 9.17) is 4.74 Å². The molecule has 8 heteroatoms. The molecule has 1 fully saturated rings. The summed E-state index contributed by atoms with van der Waals surface area (Å²) in [5.74, 6) is -0.565. The van der Waals surface area contributed by atoms with Gasteiger partial charge in [0.15, 0.2) is 0 Å². The van der Waals surface area contributed by atoms with E-state index in [1.165, 1.54) is 23.9 Å². The summed E-state index contributed by atoms with van der Waals surface area (Å²) in [4.78, 5) is 28.5. The van der Waals surface area contributed by atoms with Gasteiger partial charge in [0.2, 0.25) is 0 Å². The number of carbonyl (C=O) groups excluding carboxylic acids is 2. The summed E-state index contributed by atoms with van der Waals surface area (Å²) in [6, 6.07) is 9.44. The molecule has 0 unspecified atom stereocenters.